The third-order valence-corrected chi connectivity index (χ3v) is 2.59. The normalized spacial score (nSPS) is 11.3. The number of nitrogens with zero attached hydrogens (tertiary/aromatic N) is 1. The Bertz CT molecular complexity index is 423. The fourth-order valence-electron chi connectivity index (χ4n) is 1.52. The molecule has 0 aliphatic carbocycles. The Morgan fingerprint density at radius 1 is 1.22 bits per heavy atom. The second-order valence-electron chi connectivity index (χ2n) is 4.19. The van der Waals surface area contributed by atoms with Crippen LogP contribution in [0.5, 0.6) is 0 Å². The zero-order valence-electron chi connectivity index (χ0n) is 9.96. The fraction of sp³-hybridized carbons (Fsp3) is 0.455. The first-order valence-electron chi connectivity index (χ1n) is 5.33. The van der Waals surface area contributed by atoms with Crippen LogP contribution >= 0.6 is 0 Å². The number of nitrogens with one attached hydrogen (secondary N) is 1. The molecule has 1 rings (SSSR count). The van der Waals surface area contributed by atoms with E-state index in [9.17, 15) is 10.1 Å². The van der Waals surface area contributed by atoms with E-state index in [2.05, 4.69) is 5.32 Å². The van der Waals surface area contributed by atoms with E-state index in [4.69, 9.17) is 15.3 Å². The molecule has 0 unspecified atom stereocenters. The third kappa shape index (κ3) is 3.16. The summed E-state index contributed by atoms with van der Waals surface area (Å²) in [6.07, 6.45) is 0. The quantitative estimate of drug-likeness (QED) is 0.421. The molecule has 1 aromatic carbocycles. The second kappa shape index (κ2) is 5.76. The van der Waals surface area contributed by atoms with Gasteiger partial charge in [0, 0.05) is 17.8 Å². The number of rotatable bonds is 6. The van der Waals surface area contributed by atoms with E-state index < -0.39 is 30.3 Å². The van der Waals surface area contributed by atoms with Crippen molar-refractivity contribution < 1.29 is 20.2 Å². The van der Waals surface area contributed by atoms with Crippen LogP contribution in [0, 0.1) is 17.0 Å². The minimum absolute atomic E-state index is 0.0970. The molecule has 0 aliphatic rings. The maximum Gasteiger partial charge on any atom is 0.271 e. The molecule has 1 aromatic rings. The van der Waals surface area contributed by atoms with Crippen molar-refractivity contribution >= 4 is 11.4 Å². The van der Waals surface area contributed by atoms with E-state index in [1.807, 2.05) is 0 Å². The van der Waals surface area contributed by atoms with Gasteiger partial charge in [0.2, 0.25) is 0 Å². The Kier molecular flexibility index (Phi) is 4.60. The summed E-state index contributed by atoms with van der Waals surface area (Å²) in [4.78, 5) is 10.2. The predicted molar refractivity (Wildman–Crippen MR) is 65.4 cm³/mol. The third-order valence-electron chi connectivity index (χ3n) is 2.59. The molecule has 0 spiro atoms. The van der Waals surface area contributed by atoms with Gasteiger partial charge in [0.05, 0.1) is 24.7 Å². The van der Waals surface area contributed by atoms with Crippen molar-refractivity contribution in [2.24, 2.45) is 0 Å². The molecule has 0 bridgehead atoms. The molecule has 0 aromatic heterocycles. The Hall–Kier alpha value is -1.70. The van der Waals surface area contributed by atoms with Gasteiger partial charge >= 0.3 is 0 Å². The lowest BCUT2D eigenvalue weighted by Gasteiger charge is -2.29. The number of nitro benzene ring substituents is 1. The zero-order chi connectivity index (χ0) is 13.8. The van der Waals surface area contributed by atoms with Crippen LogP contribution in [0.3, 0.4) is 0 Å². The van der Waals surface area contributed by atoms with Crippen molar-refractivity contribution in [3.8, 4) is 0 Å². The number of nitro groups is 1. The molecule has 100 valence electrons. The summed E-state index contributed by atoms with van der Waals surface area (Å²) in [6.45, 7) is 0.196. The van der Waals surface area contributed by atoms with Crippen LogP contribution in [0.15, 0.2) is 18.2 Å². The van der Waals surface area contributed by atoms with Crippen molar-refractivity contribution in [3.05, 3.63) is 33.9 Å². The van der Waals surface area contributed by atoms with Crippen LogP contribution in [0.25, 0.3) is 0 Å². The number of anilines is 1. The Morgan fingerprint density at radius 2 is 1.78 bits per heavy atom. The summed E-state index contributed by atoms with van der Waals surface area (Å²) in [7, 11) is 0. The van der Waals surface area contributed by atoms with E-state index in [1.165, 1.54) is 12.1 Å². The molecular weight excluding hydrogens is 240 g/mol. The van der Waals surface area contributed by atoms with Gasteiger partial charge in [-0.1, -0.05) is 0 Å². The number of non-ortho nitro benzene ring substituents is 1. The lowest BCUT2D eigenvalue weighted by molar-refractivity contribution is -0.384. The van der Waals surface area contributed by atoms with Gasteiger partial charge in [-0.15, -0.1) is 0 Å². The molecule has 0 heterocycles. The summed E-state index contributed by atoms with van der Waals surface area (Å²) >= 11 is 0. The summed E-state index contributed by atoms with van der Waals surface area (Å²) in [5.41, 5.74) is -0.379. The average molecular weight is 256 g/mol. The van der Waals surface area contributed by atoms with E-state index in [0.29, 0.717) is 11.3 Å². The molecule has 7 heteroatoms. The average Bonchev–Trinajstić information content (AvgIpc) is 2.35. The van der Waals surface area contributed by atoms with Gasteiger partial charge in [-0.2, -0.15) is 0 Å². The van der Waals surface area contributed by atoms with E-state index in [1.54, 1.807) is 13.0 Å². The summed E-state index contributed by atoms with van der Waals surface area (Å²) in [6, 6.07) is 4.31. The Labute approximate surface area is 104 Å². The van der Waals surface area contributed by atoms with Crippen LogP contribution in [0.2, 0.25) is 0 Å². The highest BCUT2D eigenvalue weighted by Crippen LogP contribution is 2.23. The minimum Gasteiger partial charge on any atom is -0.394 e. The molecule has 0 amide bonds. The second-order valence-corrected chi connectivity index (χ2v) is 4.19. The Morgan fingerprint density at radius 3 is 2.22 bits per heavy atom. The number of benzene rings is 1. The first-order chi connectivity index (χ1) is 8.46. The number of hydrogen-bond acceptors (Lipinski definition) is 6. The molecule has 0 radical (unpaired) electrons. The monoisotopic (exact) mass is 256 g/mol. The standard InChI is InChI=1S/C11H16N2O5/c1-8-2-9(4-10(3-8)13(17)18)12-11(5-14,6-15)7-16/h2-4,12,14-16H,5-7H2,1H3. The summed E-state index contributed by atoms with van der Waals surface area (Å²) < 4.78 is 0. The molecule has 0 atom stereocenters. The van der Waals surface area contributed by atoms with Gasteiger partial charge < -0.3 is 20.6 Å². The smallest absolute Gasteiger partial charge is 0.271 e. The number of aryl methyl sites for hydroxylation is 1. The molecule has 7 nitrogen and oxygen atoms in total. The molecular formula is C11H16N2O5. The van der Waals surface area contributed by atoms with E-state index in [-0.39, 0.29) is 5.69 Å². The summed E-state index contributed by atoms with van der Waals surface area (Å²) in [5, 5.41) is 40.9. The Balaban J connectivity index is 3.06. The van der Waals surface area contributed by atoms with Gasteiger partial charge in [-0.05, 0) is 18.6 Å². The van der Waals surface area contributed by atoms with Crippen LogP contribution < -0.4 is 5.32 Å². The topological polar surface area (TPSA) is 116 Å². The van der Waals surface area contributed by atoms with Crippen molar-refractivity contribution in [1.82, 2.24) is 0 Å². The van der Waals surface area contributed by atoms with Crippen molar-refractivity contribution in [2.75, 3.05) is 25.1 Å². The molecule has 0 saturated carbocycles. The molecule has 0 aliphatic heterocycles. The maximum absolute atomic E-state index is 10.7. The highest BCUT2D eigenvalue weighted by molar-refractivity contribution is 5.55. The number of hydrogen-bond donors (Lipinski definition) is 4. The van der Waals surface area contributed by atoms with Crippen LogP contribution in [-0.4, -0.2) is 45.6 Å². The highest BCUT2D eigenvalue weighted by atomic mass is 16.6. The minimum atomic E-state index is -1.30. The maximum atomic E-state index is 10.7. The van der Waals surface area contributed by atoms with E-state index in [0.717, 1.165) is 0 Å². The molecule has 18 heavy (non-hydrogen) atoms. The van der Waals surface area contributed by atoms with Crippen molar-refractivity contribution in [2.45, 2.75) is 12.5 Å². The number of aliphatic hydroxyl groups is 3. The fourth-order valence-corrected chi connectivity index (χ4v) is 1.52. The summed E-state index contributed by atoms with van der Waals surface area (Å²) in [5.74, 6) is 0. The van der Waals surface area contributed by atoms with Gasteiger partial charge in [-0.3, -0.25) is 10.1 Å². The molecule has 0 fully saturated rings. The van der Waals surface area contributed by atoms with Gasteiger partial charge in [0.25, 0.3) is 5.69 Å². The van der Waals surface area contributed by atoms with Gasteiger partial charge in [-0.25, -0.2) is 0 Å². The first-order valence-corrected chi connectivity index (χ1v) is 5.33. The van der Waals surface area contributed by atoms with Crippen molar-refractivity contribution in [3.63, 3.8) is 0 Å². The zero-order valence-corrected chi connectivity index (χ0v) is 9.96. The highest BCUT2D eigenvalue weighted by Gasteiger charge is 2.28. The number of aliphatic hydroxyl groups excluding tert-OH is 3. The SMILES string of the molecule is Cc1cc(NC(CO)(CO)CO)cc([N+](=O)[O-])c1. The van der Waals surface area contributed by atoms with Crippen LogP contribution in [0.1, 0.15) is 5.56 Å². The molecule has 0 saturated heterocycles. The van der Waals surface area contributed by atoms with Gasteiger partial charge in [0.15, 0.2) is 0 Å². The lowest BCUT2D eigenvalue weighted by Crippen LogP contribution is -2.49. The lowest BCUT2D eigenvalue weighted by atomic mass is 10.0. The van der Waals surface area contributed by atoms with E-state index >= 15 is 0 Å². The van der Waals surface area contributed by atoms with Crippen molar-refractivity contribution in [1.29, 1.82) is 0 Å². The first kappa shape index (κ1) is 14.4. The van der Waals surface area contributed by atoms with Gasteiger partial charge in [0.1, 0.15) is 5.54 Å². The molecule has 4 N–H and O–H groups in total. The largest absolute Gasteiger partial charge is 0.394 e. The predicted octanol–water partition coefficient (Wildman–Crippen LogP) is 0.0308. The van der Waals surface area contributed by atoms with Crippen LogP contribution in [-0.2, 0) is 0 Å². The van der Waals surface area contributed by atoms with Crippen LogP contribution in [0.4, 0.5) is 11.4 Å².